The van der Waals surface area contributed by atoms with Crippen LogP contribution in [0.1, 0.15) is 12.5 Å². The molecule has 0 bridgehead atoms. The van der Waals surface area contributed by atoms with E-state index in [1.807, 2.05) is 36.6 Å². The fourth-order valence-electron chi connectivity index (χ4n) is 3.54. The highest BCUT2D eigenvalue weighted by Crippen LogP contribution is 2.36. The third-order valence-corrected chi connectivity index (χ3v) is 5.92. The lowest BCUT2D eigenvalue weighted by Gasteiger charge is -2.28. The number of benzene rings is 2. The second-order valence-electron chi connectivity index (χ2n) is 7.47. The molecule has 8 nitrogen and oxygen atoms in total. The summed E-state index contributed by atoms with van der Waals surface area (Å²) in [4.78, 5) is 30.8. The molecule has 1 aromatic heterocycles. The summed E-state index contributed by atoms with van der Waals surface area (Å²) in [6.45, 7) is 6.56. The number of hydrogen-bond donors (Lipinski definition) is 1. The van der Waals surface area contributed by atoms with E-state index in [1.54, 1.807) is 36.3 Å². The van der Waals surface area contributed by atoms with Crippen molar-refractivity contribution in [2.75, 3.05) is 37.1 Å². The van der Waals surface area contributed by atoms with Crippen molar-refractivity contribution in [2.24, 2.45) is 0 Å². The molecule has 1 aliphatic rings. The van der Waals surface area contributed by atoms with E-state index in [2.05, 4.69) is 16.9 Å². The Bertz CT molecular complexity index is 1280. The molecule has 180 valence electrons. The molecule has 0 fully saturated rings. The Morgan fingerprint density at radius 2 is 2.14 bits per heavy atom. The smallest absolute Gasteiger partial charge is 0.265 e. The molecule has 0 spiro atoms. The zero-order valence-electron chi connectivity index (χ0n) is 19.4. The van der Waals surface area contributed by atoms with Crippen LogP contribution in [0.25, 0.3) is 17.3 Å². The largest absolute Gasteiger partial charge is 0.493 e. The second-order valence-corrected chi connectivity index (χ2v) is 8.33. The van der Waals surface area contributed by atoms with Gasteiger partial charge in [-0.1, -0.05) is 12.1 Å². The Labute approximate surface area is 207 Å². The minimum Gasteiger partial charge on any atom is -0.493 e. The van der Waals surface area contributed by atoms with Crippen molar-refractivity contribution in [1.82, 2.24) is 4.98 Å². The summed E-state index contributed by atoms with van der Waals surface area (Å²) < 4.78 is 16.4. The van der Waals surface area contributed by atoms with E-state index in [1.165, 1.54) is 17.4 Å². The second kappa shape index (κ2) is 10.9. The van der Waals surface area contributed by atoms with Gasteiger partial charge in [-0.05, 0) is 48.9 Å². The van der Waals surface area contributed by atoms with Gasteiger partial charge in [0, 0.05) is 23.6 Å². The summed E-state index contributed by atoms with van der Waals surface area (Å²) in [5.74, 6) is 1.45. The Morgan fingerprint density at radius 1 is 1.29 bits per heavy atom. The predicted molar refractivity (Wildman–Crippen MR) is 137 cm³/mol. The number of nitrogens with one attached hydrogen (secondary N) is 1. The van der Waals surface area contributed by atoms with Gasteiger partial charge in [0.1, 0.15) is 5.75 Å². The molecular formula is C26H25N3O5S. The molecule has 0 saturated carbocycles. The Balaban J connectivity index is 1.45. The quantitative estimate of drug-likeness (QED) is 0.342. The standard InChI is InChI=1S/C26H25N3O5S/c1-4-12-29-20-14-18(8-10-21(20)34-15-25(29)31)19-16-35-26(27-19)28-24(30)11-7-17-6-9-22(33-5-2)23(13-17)32-3/h4,6-11,13-14,16H,1,5,12,15H2,2-3H3,(H,27,28,30)/b11-7+. The van der Waals surface area contributed by atoms with Crippen molar-refractivity contribution < 1.29 is 23.8 Å². The third kappa shape index (κ3) is 5.52. The van der Waals surface area contributed by atoms with Gasteiger partial charge in [0.05, 0.1) is 25.1 Å². The van der Waals surface area contributed by atoms with Crippen molar-refractivity contribution in [1.29, 1.82) is 0 Å². The summed E-state index contributed by atoms with van der Waals surface area (Å²) in [6.07, 6.45) is 4.80. The maximum atomic E-state index is 12.4. The monoisotopic (exact) mass is 491 g/mol. The number of carbonyl (C=O) groups excluding carboxylic acids is 2. The van der Waals surface area contributed by atoms with Crippen LogP contribution in [0.3, 0.4) is 0 Å². The lowest BCUT2D eigenvalue weighted by molar-refractivity contribution is -0.121. The number of aromatic nitrogens is 1. The normalized spacial score (nSPS) is 12.7. The van der Waals surface area contributed by atoms with E-state index in [-0.39, 0.29) is 18.4 Å². The molecule has 1 aliphatic heterocycles. The molecule has 2 heterocycles. The Kier molecular flexibility index (Phi) is 7.47. The first-order chi connectivity index (χ1) is 17.0. The number of methoxy groups -OCH3 is 1. The number of carbonyl (C=O) groups is 2. The van der Waals surface area contributed by atoms with Crippen LogP contribution in [0.4, 0.5) is 10.8 Å². The minimum absolute atomic E-state index is 0.00400. The average Bonchev–Trinajstić information content (AvgIpc) is 3.33. The molecule has 9 heteroatoms. The topological polar surface area (TPSA) is 90.0 Å². The Hall–Kier alpha value is -4.11. The SMILES string of the molecule is C=CCN1C(=O)COc2ccc(-c3csc(NC(=O)/C=C/c4ccc(OCC)c(OC)c4)n3)cc21. The van der Waals surface area contributed by atoms with E-state index < -0.39 is 0 Å². The van der Waals surface area contributed by atoms with Crippen molar-refractivity contribution in [3.05, 3.63) is 66.1 Å². The zero-order chi connectivity index (χ0) is 24.8. The molecule has 3 aromatic rings. The van der Waals surface area contributed by atoms with Crippen LogP contribution in [-0.2, 0) is 9.59 Å². The minimum atomic E-state index is -0.305. The van der Waals surface area contributed by atoms with Crippen molar-refractivity contribution in [3.63, 3.8) is 0 Å². The van der Waals surface area contributed by atoms with Gasteiger partial charge >= 0.3 is 0 Å². The van der Waals surface area contributed by atoms with Gasteiger partial charge in [0.15, 0.2) is 23.2 Å². The van der Waals surface area contributed by atoms with Gasteiger partial charge in [0.25, 0.3) is 5.91 Å². The summed E-state index contributed by atoms with van der Waals surface area (Å²) >= 11 is 1.32. The van der Waals surface area contributed by atoms with Gasteiger partial charge < -0.3 is 19.1 Å². The van der Waals surface area contributed by atoms with E-state index in [0.29, 0.717) is 46.9 Å². The highest BCUT2D eigenvalue weighted by Gasteiger charge is 2.25. The number of anilines is 2. The fraction of sp³-hybridized carbons (Fsp3) is 0.192. The van der Waals surface area contributed by atoms with Crippen LogP contribution in [-0.4, -0.2) is 43.7 Å². The van der Waals surface area contributed by atoms with Gasteiger partial charge in [0.2, 0.25) is 5.91 Å². The van der Waals surface area contributed by atoms with Crippen molar-refractivity contribution in [3.8, 4) is 28.5 Å². The van der Waals surface area contributed by atoms with Crippen LogP contribution in [0, 0.1) is 0 Å². The molecule has 2 amide bonds. The van der Waals surface area contributed by atoms with Crippen molar-refractivity contribution in [2.45, 2.75) is 6.92 Å². The lowest BCUT2D eigenvalue weighted by Crippen LogP contribution is -2.38. The van der Waals surface area contributed by atoms with Gasteiger partial charge in [-0.25, -0.2) is 4.98 Å². The number of fused-ring (bicyclic) bond motifs is 1. The van der Waals surface area contributed by atoms with Crippen LogP contribution in [0.15, 0.2) is 60.5 Å². The molecule has 0 radical (unpaired) electrons. The van der Waals surface area contributed by atoms with Gasteiger partial charge in [-0.15, -0.1) is 17.9 Å². The molecule has 2 aromatic carbocycles. The van der Waals surface area contributed by atoms with E-state index in [4.69, 9.17) is 14.2 Å². The highest BCUT2D eigenvalue weighted by molar-refractivity contribution is 7.14. The summed E-state index contributed by atoms with van der Waals surface area (Å²) in [6, 6.07) is 11.0. The maximum absolute atomic E-state index is 12.4. The zero-order valence-corrected chi connectivity index (χ0v) is 20.3. The molecule has 0 saturated heterocycles. The number of amides is 2. The van der Waals surface area contributed by atoms with Crippen LogP contribution in [0.2, 0.25) is 0 Å². The first kappa shape index (κ1) is 24.0. The number of ether oxygens (including phenoxy) is 3. The van der Waals surface area contributed by atoms with Gasteiger partial charge in [-0.2, -0.15) is 0 Å². The first-order valence-corrected chi connectivity index (χ1v) is 11.8. The van der Waals surface area contributed by atoms with E-state index in [0.717, 1.165) is 11.1 Å². The molecule has 0 atom stereocenters. The lowest BCUT2D eigenvalue weighted by atomic mass is 10.1. The van der Waals surface area contributed by atoms with Crippen LogP contribution >= 0.6 is 11.3 Å². The summed E-state index contributed by atoms with van der Waals surface area (Å²) in [5, 5.41) is 5.10. The molecule has 0 aliphatic carbocycles. The molecule has 4 rings (SSSR count). The summed E-state index contributed by atoms with van der Waals surface area (Å²) in [5.41, 5.74) is 2.97. The number of rotatable bonds is 9. The predicted octanol–water partition coefficient (Wildman–Crippen LogP) is 4.78. The Morgan fingerprint density at radius 3 is 2.91 bits per heavy atom. The van der Waals surface area contributed by atoms with E-state index >= 15 is 0 Å². The fourth-order valence-corrected chi connectivity index (χ4v) is 4.26. The molecular weight excluding hydrogens is 466 g/mol. The number of thiazole rings is 1. The van der Waals surface area contributed by atoms with Crippen LogP contribution in [0.5, 0.6) is 17.2 Å². The maximum Gasteiger partial charge on any atom is 0.265 e. The van der Waals surface area contributed by atoms with Crippen LogP contribution < -0.4 is 24.4 Å². The average molecular weight is 492 g/mol. The summed E-state index contributed by atoms with van der Waals surface area (Å²) in [7, 11) is 1.57. The van der Waals surface area contributed by atoms with Crippen molar-refractivity contribution >= 4 is 40.0 Å². The number of nitrogens with zero attached hydrogens (tertiary/aromatic N) is 2. The third-order valence-electron chi connectivity index (χ3n) is 5.16. The number of hydrogen-bond acceptors (Lipinski definition) is 7. The molecule has 35 heavy (non-hydrogen) atoms. The van der Waals surface area contributed by atoms with E-state index in [9.17, 15) is 9.59 Å². The molecule has 1 N–H and O–H groups in total. The highest BCUT2D eigenvalue weighted by atomic mass is 32.1. The van der Waals surface area contributed by atoms with Gasteiger partial charge in [-0.3, -0.25) is 14.9 Å². The molecule has 0 unspecified atom stereocenters. The first-order valence-electron chi connectivity index (χ1n) is 11.0.